The number of carboxylic acid groups (broad SMARTS) is 1. The lowest BCUT2D eigenvalue weighted by Gasteiger charge is -2.23. The van der Waals surface area contributed by atoms with Gasteiger partial charge >= 0.3 is 5.97 Å². The highest BCUT2D eigenvalue weighted by atomic mass is 19.1. The molecule has 2 N–H and O–H groups in total. The first-order valence-corrected chi connectivity index (χ1v) is 12.6. The number of carbonyl (C=O) groups excluding carboxylic acids is 1. The van der Waals surface area contributed by atoms with E-state index in [2.05, 4.69) is 37.4 Å². The number of ether oxygens (including phenoxy) is 1. The Hall–Kier alpha value is -3.67. The minimum Gasteiger partial charge on any atom is -0.489 e. The highest BCUT2D eigenvalue weighted by Gasteiger charge is 2.21. The topological polar surface area (TPSA) is 75.6 Å². The number of aliphatic carboxylic acids is 1. The second-order valence-corrected chi connectivity index (χ2v) is 10.1. The van der Waals surface area contributed by atoms with Crippen LogP contribution in [0.1, 0.15) is 76.5 Å². The minimum atomic E-state index is -0.929. The molecule has 1 amide bonds. The quantitative estimate of drug-likeness (QED) is 0.298. The Morgan fingerprint density at radius 1 is 0.946 bits per heavy atom. The van der Waals surface area contributed by atoms with Gasteiger partial charge < -0.3 is 15.2 Å². The fourth-order valence-corrected chi connectivity index (χ4v) is 4.47. The molecule has 0 bridgehead atoms. The molecule has 0 saturated carbocycles. The van der Waals surface area contributed by atoms with Crippen molar-refractivity contribution in [3.8, 4) is 5.75 Å². The molecule has 0 spiro atoms. The van der Waals surface area contributed by atoms with Gasteiger partial charge in [-0.2, -0.15) is 0 Å². The summed E-state index contributed by atoms with van der Waals surface area (Å²) < 4.78 is 19.6. The average molecular weight is 506 g/mol. The third-order valence-corrected chi connectivity index (χ3v) is 6.30. The van der Waals surface area contributed by atoms with E-state index in [9.17, 15) is 19.1 Å². The highest BCUT2D eigenvalue weighted by molar-refractivity contribution is 5.96. The van der Waals surface area contributed by atoms with Gasteiger partial charge in [0.05, 0.1) is 6.04 Å². The molecule has 0 saturated heterocycles. The van der Waals surface area contributed by atoms with E-state index in [4.69, 9.17) is 4.74 Å². The molecular formula is C31H36FNO4. The molecule has 1 atom stereocenters. The largest absolute Gasteiger partial charge is 0.489 e. The summed E-state index contributed by atoms with van der Waals surface area (Å²) in [6.45, 7) is 10.3. The normalized spacial score (nSPS) is 11.9. The van der Waals surface area contributed by atoms with Crippen LogP contribution in [0.2, 0.25) is 0 Å². The van der Waals surface area contributed by atoms with E-state index in [1.165, 1.54) is 12.1 Å². The molecule has 1 unspecified atom stereocenters. The number of amides is 1. The van der Waals surface area contributed by atoms with Crippen LogP contribution in [0.25, 0.3) is 0 Å². The summed E-state index contributed by atoms with van der Waals surface area (Å²) in [5.74, 6) is -0.740. The van der Waals surface area contributed by atoms with Gasteiger partial charge in [-0.1, -0.05) is 55.3 Å². The minimum absolute atomic E-state index is 0.0878. The maximum Gasteiger partial charge on any atom is 0.303 e. The number of benzene rings is 3. The zero-order valence-corrected chi connectivity index (χ0v) is 22.2. The molecule has 6 heteroatoms. The smallest absolute Gasteiger partial charge is 0.303 e. The van der Waals surface area contributed by atoms with Gasteiger partial charge in [0.2, 0.25) is 0 Å². The maximum atomic E-state index is 13.7. The van der Waals surface area contributed by atoms with Gasteiger partial charge in [0.15, 0.2) is 0 Å². The Balaban J connectivity index is 1.90. The lowest BCUT2D eigenvalue weighted by atomic mass is 9.93. The van der Waals surface area contributed by atoms with Crippen molar-refractivity contribution in [2.24, 2.45) is 5.92 Å². The fraction of sp³-hybridized carbons (Fsp3) is 0.355. The fourth-order valence-electron chi connectivity index (χ4n) is 4.47. The molecule has 0 aromatic heterocycles. The van der Waals surface area contributed by atoms with E-state index < -0.39 is 5.97 Å². The monoisotopic (exact) mass is 505 g/mol. The summed E-state index contributed by atoms with van der Waals surface area (Å²) in [6.07, 6.45) is 0.892. The molecule has 0 fully saturated rings. The number of rotatable bonds is 11. The van der Waals surface area contributed by atoms with E-state index in [0.29, 0.717) is 28.4 Å². The van der Waals surface area contributed by atoms with E-state index in [1.807, 2.05) is 20.8 Å². The van der Waals surface area contributed by atoms with Crippen LogP contribution in [-0.2, 0) is 17.8 Å². The first kappa shape index (κ1) is 27.9. The molecule has 0 radical (unpaired) electrons. The molecule has 0 heterocycles. The van der Waals surface area contributed by atoms with Crippen LogP contribution in [0, 0.1) is 32.5 Å². The van der Waals surface area contributed by atoms with Crippen molar-refractivity contribution in [1.82, 2.24) is 5.32 Å². The summed E-state index contributed by atoms with van der Waals surface area (Å²) in [4.78, 5) is 24.8. The second-order valence-electron chi connectivity index (χ2n) is 10.1. The van der Waals surface area contributed by atoms with Crippen molar-refractivity contribution in [3.63, 3.8) is 0 Å². The van der Waals surface area contributed by atoms with Crippen molar-refractivity contribution >= 4 is 11.9 Å². The Morgan fingerprint density at radius 3 is 2.30 bits per heavy atom. The molecule has 3 aromatic rings. The summed E-state index contributed by atoms with van der Waals surface area (Å²) in [5.41, 5.74) is 5.94. The molecule has 196 valence electrons. The third-order valence-electron chi connectivity index (χ3n) is 6.30. The maximum absolute atomic E-state index is 13.7. The van der Waals surface area contributed by atoms with Crippen molar-refractivity contribution in [2.45, 2.75) is 66.5 Å². The van der Waals surface area contributed by atoms with Crippen molar-refractivity contribution in [3.05, 3.63) is 99.4 Å². The van der Waals surface area contributed by atoms with Gasteiger partial charge in [-0.05, 0) is 86.1 Å². The van der Waals surface area contributed by atoms with Crippen molar-refractivity contribution < 1.29 is 23.8 Å². The van der Waals surface area contributed by atoms with Crippen LogP contribution in [0.15, 0.2) is 54.6 Å². The summed E-state index contributed by atoms with van der Waals surface area (Å²) in [6, 6.07) is 15.7. The van der Waals surface area contributed by atoms with E-state index in [0.717, 1.165) is 28.7 Å². The Labute approximate surface area is 218 Å². The Bertz CT molecular complexity index is 1250. The Morgan fingerprint density at radius 2 is 1.65 bits per heavy atom. The van der Waals surface area contributed by atoms with E-state index in [-0.39, 0.29) is 37.2 Å². The van der Waals surface area contributed by atoms with Crippen LogP contribution in [0.4, 0.5) is 4.39 Å². The summed E-state index contributed by atoms with van der Waals surface area (Å²) in [5, 5.41) is 12.4. The molecule has 3 rings (SSSR count). The zero-order valence-electron chi connectivity index (χ0n) is 22.2. The molecule has 37 heavy (non-hydrogen) atoms. The van der Waals surface area contributed by atoms with Crippen LogP contribution in [-0.4, -0.2) is 17.0 Å². The predicted molar refractivity (Wildman–Crippen MR) is 143 cm³/mol. The van der Waals surface area contributed by atoms with Crippen LogP contribution in [0.3, 0.4) is 0 Å². The number of carbonyl (C=O) groups is 2. The van der Waals surface area contributed by atoms with E-state index >= 15 is 0 Å². The molecule has 3 aromatic carbocycles. The number of nitrogens with one attached hydrogen (secondary N) is 1. The van der Waals surface area contributed by atoms with Crippen LogP contribution >= 0.6 is 0 Å². The number of carboxylic acids is 1. The molecule has 0 aliphatic heterocycles. The number of halogens is 1. The van der Waals surface area contributed by atoms with Crippen molar-refractivity contribution in [2.75, 3.05) is 0 Å². The summed E-state index contributed by atoms with van der Waals surface area (Å²) >= 11 is 0. The standard InChI is InChI=1S/C31H36FNO4/c1-19(2)12-29(24-14-20(3)13-21(4)15-24)33-31(36)28-17-27(10-7-23(28)8-11-30(34)35)37-18-25-16-26(32)9-6-22(25)5/h6-7,9-10,13-17,19,29H,8,11-12,18H2,1-5H3,(H,33,36)(H,34,35). The first-order chi connectivity index (χ1) is 17.5. The van der Waals surface area contributed by atoms with Gasteiger partial charge in [0, 0.05) is 12.0 Å². The molecule has 0 aliphatic carbocycles. The highest BCUT2D eigenvalue weighted by Crippen LogP contribution is 2.26. The zero-order chi connectivity index (χ0) is 27.1. The summed E-state index contributed by atoms with van der Waals surface area (Å²) in [7, 11) is 0. The van der Waals surface area contributed by atoms with Gasteiger partial charge in [-0.3, -0.25) is 9.59 Å². The lowest BCUT2D eigenvalue weighted by molar-refractivity contribution is -0.136. The first-order valence-electron chi connectivity index (χ1n) is 12.6. The molecular weight excluding hydrogens is 469 g/mol. The van der Waals surface area contributed by atoms with Gasteiger partial charge in [-0.15, -0.1) is 0 Å². The lowest BCUT2D eigenvalue weighted by Crippen LogP contribution is -2.30. The number of hydrogen-bond donors (Lipinski definition) is 2. The van der Waals surface area contributed by atoms with Gasteiger partial charge in [0.25, 0.3) is 5.91 Å². The molecule has 0 aliphatic rings. The second kappa shape index (κ2) is 12.5. The van der Waals surface area contributed by atoms with Crippen molar-refractivity contribution in [1.29, 1.82) is 0 Å². The average Bonchev–Trinajstić information content (AvgIpc) is 2.82. The molecule has 5 nitrogen and oxygen atoms in total. The number of hydrogen-bond acceptors (Lipinski definition) is 3. The van der Waals surface area contributed by atoms with Crippen LogP contribution in [0.5, 0.6) is 5.75 Å². The SMILES string of the molecule is Cc1cc(C)cc(C(CC(C)C)NC(=O)c2cc(OCc3cc(F)ccc3C)ccc2CCC(=O)O)c1. The van der Waals surface area contributed by atoms with E-state index in [1.54, 1.807) is 24.3 Å². The van der Waals surface area contributed by atoms with Crippen LogP contribution < -0.4 is 10.1 Å². The van der Waals surface area contributed by atoms with Gasteiger partial charge in [-0.25, -0.2) is 4.39 Å². The van der Waals surface area contributed by atoms with Gasteiger partial charge in [0.1, 0.15) is 18.2 Å². The number of aryl methyl sites for hydroxylation is 4. The third kappa shape index (κ3) is 8.17. The predicted octanol–water partition coefficient (Wildman–Crippen LogP) is 6.86. The Kier molecular flexibility index (Phi) is 9.45.